The fourth-order valence-corrected chi connectivity index (χ4v) is 3.54. The van der Waals surface area contributed by atoms with E-state index in [9.17, 15) is 9.59 Å². The van der Waals surface area contributed by atoms with Gasteiger partial charge in [-0.3, -0.25) is 9.59 Å². The minimum Gasteiger partial charge on any atom is -0.342 e. The van der Waals surface area contributed by atoms with Crippen LogP contribution in [0.4, 0.5) is 0 Å². The maximum atomic E-state index is 12.9. The van der Waals surface area contributed by atoms with Gasteiger partial charge in [0.25, 0.3) is 0 Å². The summed E-state index contributed by atoms with van der Waals surface area (Å²) in [5.41, 5.74) is 2.10. The second-order valence-corrected chi connectivity index (χ2v) is 6.64. The highest BCUT2D eigenvalue weighted by atomic mass is 16.2. The molecule has 1 aliphatic rings. The monoisotopic (exact) mass is 344 g/mol. The Morgan fingerprint density at radius 1 is 0.885 bits per heavy atom. The van der Waals surface area contributed by atoms with Gasteiger partial charge in [-0.25, -0.2) is 0 Å². The highest BCUT2D eigenvalue weighted by Gasteiger charge is 2.32. The molecule has 1 fully saturated rings. The zero-order valence-corrected chi connectivity index (χ0v) is 14.4. The first kappa shape index (κ1) is 16.3. The van der Waals surface area contributed by atoms with Crippen LogP contribution in [-0.4, -0.2) is 29.3 Å². The van der Waals surface area contributed by atoms with Gasteiger partial charge < -0.3 is 10.2 Å². The molecule has 0 spiro atoms. The Kier molecular flexibility index (Phi) is 4.40. The van der Waals surface area contributed by atoms with Crippen molar-refractivity contribution in [2.24, 2.45) is 0 Å². The van der Waals surface area contributed by atoms with Crippen molar-refractivity contribution in [1.29, 1.82) is 0 Å². The van der Waals surface area contributed by atoms with Crippen LogP contribution in [0.1, 0.15) is 11.1 Å². The topological polar surface area (TPSA) is 49.4 Å². The lowest BCUT2D eigenvalue weighted by atomic mass is 9.97. The third-order valence-electron chi connectivity index (χ3n) is 4.80. The average molecular weight is 344 g/mol. The van der Waals surface area contributed by atoms with Crippen molar-refractivity contribution in [1.82, 2.24) is 10.2 Å². The Morgan fingerprint density at radius 2 is 1.62 bits per heavy atom. The van der Waals surface area contributed by atoms with E-state index in [0.29, 0.717) is 13.0 Å². The summed E-state index contributed by atoms with van der Waals surface area (Å²) in [7, 11) is 0. The van der Waals surface area contributed by atoms with Crippen molar-refractivity contribution in [3.05, 3.63) is 83.9 Å². The number of fused-ring (bicyclic) bond motifs is 1. The third-order valence-corrected chi connectivity index (χ3v) is 4.80. The molecule has 2 amide bonds. The van der Waals surface area contributed by atoms with E-state index in [-0.39, 0.29) is 18.4 Å². The first-order valence-corrected chi connectivity index (χ1v) is 8.79. The largest absolute Gasteiger partial charge is 0.342 e. The van der Waals surface area contributed by atoms with Crippen molar-refractivity contribution < 1.29 is 9.59 Å². The van der Waals surface area contributed by atoms with Crippen LogP contribution in [0.25, 0.3) is 10.8 Å². The first-order chi connectivity index (χ1) is 12.7. The molecule has 26 heavy (non-hydrogen) atoms. The molecule has 130 valence electrons. The SMILES string of the molecule is O=C1CN(Cc2ccccc2)C(=O)[C@H](Cc2cccc3ccccc23)N1. The van der Waals surface area contributed by atoms with E-state index in [0.717, 1.165) is 21.9 Å². The van der Waals surface area contributed by atoms with Crippen LogP contribution >= 0.6 is 0 Å². The smallest absolute Gasteiger partial charge is 0.246 e. The van der Waals surface area contributed by atoms with Crippen molar-refractivity contribution in [3.8, 4) is 0 Å². The lowest BCUT2D eigenvalue weighted by molar-refractivity contribution is -0.144. The van der Waals surface area contributed by atoms with Crippen molar-refractivity contribution in [2.45, 2.75) is 19.0 Å². The molecule has 1 saturated heterocycles. The summed E-state index contributed by atoms with van der Waals surface area (Å²) >= 11 is 0. The molecule has 4 rings (SSSR count). The molecule has 0 radical (unpaired) electrons. The van der Waals surface area contributed by atoms with Crippen LogP contribution in [0.2, 0.25) is 0 Å². The second-order valence-electron chi connectivity index (χ2n) is 6.64. The van der Waals surface area contributed by atoms with Gasteiger partial charge >= 0.3 is 0 Å². The number of nitrogens with zero attached hydrogens (tertiary/aromatic N) is 1. The average Bonchev–Trinajstić information content (AvgIpc) is 2.66. The lowest BCUT2D eigenvalue weighted by Gasteiger charge is -2.33. The molecule has 4 nitrogen and oxygen atoms in total. The van der Waals surface area contributed by atoms with Gasteiger partial charge in [-0.1, -0.05) is 72.8 Å². The highest BCUT2D eigenvalue weighted by Crippen LogP contribution is 2.21. The molecular weight excluding hydrogens is 324 g/mol. The Hall–Kier alpha value is -3.14. The highest BCUT2D eigenvalue weighted by molar-refractivity contribution is 5.95. The predicted octanol–water partition coefficient (Wildman–Crippen LogP) is 2.91. The zero-order chi connectivity index (χ0) is 17.9. The molecule has 0 aromatic heterocycles. The van der Waals surface area contributed by atoms with E-state index >= 15 is 0 Å². The minimum atomic E-state index is -0.522. The Bertz CT molecular complexity index is 947. The van der Waals surface area contributed by atoms with E-state index in [1.165, 1.54) is 0 Å². The molecule has 3 aromatic carbocycles. The molecule has 4 heteroatoms. The summed E-state index contributed by atoms with van der Waals surface area (Å²) in [6, 6.07) is 23.4. The van der Waals surface area contributed by atoms with Crippen LogP contribution in [0.5, 0.6) is 0 Å². The molecule has 1 N–H and O–H groups in total. The van der Waals surface area contributed by atoms with Gasteiger partial charge in [0.1, 0.15) is 6.04 Å². The van der Waals surface area contributed by atoms with Crippen LogP contribution in [0.3, 0.4) is 0 Å². The van der Waals surface area contributed by atoms with Crippen molar-refractivity contribution >= 4 is 22.6 Å². The molecule has 1 heterocycles. The van der Waals surface area contributed by atoms with Crippen LogP contribution in [0.15, 0.2) is 72.8 Å². The van der Waals surface area contributed by atoms with E-state index < -0.39 is 6.04 Å². The molecule has 0 unspecified atom stereocenters. The van der Waals surface area contributed by atoms with Gasteiger partial charge in [-0.05, 0) is 21.9 Å². The second kappa shape index (κ2) is 7.00. The summed E-state index contributed by atoms with van der Waals surface area (Å²) in [5, 5.41) is 5.13. The van der Waals surface area contributed by atoms with Crippen LogP contribution in [0, 0.1) is 0 Å². The fraction of sp³-hybridized carbons (Fsp3) is 0.182. The first-order valence-electron chi connectivity index (χ1n) is 8.79. The van der Waals surface area contributed by atoms with Gasteiger partial charge in [0.15, 0.2) is 0 Å². The molecule has 0 bridgehead atoms. The molecule has 1 atom stereocenters. The molecule has 3 aromatic rings. The Morgan fingerprint density at radius 3 is 2.46 bits per heavy atom. The van der Waals surface area contributed by atoms with Gasteiger partial charge in [0, 0.05) is 13.0 Å². The van der Waals surface area contributed by atoms with Crippen LogP contribution in [-0.2, 0) is 22.6 Å². The summed E-state index contributed by atoms with van der Waals surface area (Å²) in [5.74, 6) is -0.132. The molecule has 0 saturated carbocycles. The van der Waals surface area contributed by atoms with E-state index in [1.807, 2.05) is 54.6 Å². The van der Waals surface area contributed by atoms with Gasteiger partial charge in [0.05, 0.1) is 6.54 Å². The number of carbonyl (C=O) groups is 2. The number of hydrogen-bond donors (Lipinski definition) is 1. The Labute approximate surface area is 152 Å². The Balaban J connectivity index is 1.57. The molecule has 1 aliphatic heterocycles. The number of nitrogens with one attached hydrogen (secondary N) is 1. The number of benzene rings is 3. The molecular formula is C22H20N2O2. The normalized spacial score (nSPS) is 17.4. The lowest BCUT2D eigenvalue weighted by Crippen LogP contribution is -2.58. The number of carbonyl (C=O) groups excluding carboxylic acids is 2. The van der Waals surface area contributed by atoms with Crippen molar-refractivity contribution in [2.75, 3.05) is 6.54 Å². The van der Waals surface area contributed by atoms with Crippen LogP contribution < -0.4 is 5.32 Å². The summed E-state index contributed by atoms with van der Waals surface area (Å²) in [4.78, 5) is 26.7. The standard InChI is InChI=1S/C22H20N2O2/c25-21-15-24(14-16-7-2-1-3-8-16)22(26)20(23-21)13-18-11-6-10-17-9-4-5-12-19(17)18/h1-12,20H,13-15H2,(H,23,25)/t20-/m0/s1. The van der Waals surface area contributed by atoms with Gasteiger partial charge in [-0.15, -0.1) is 0 Å². The van der Waals surface area contributed by atoms with Gasteiger partial charge in [-0.2, -0.15) is 0 Å². The molecule has 0 aliphatic carbocycles. The third kappa shape index (κ3) is 3.31. The predicted molar refractivity (Wildman–Crippen MR) is 101 cm³/mol. The minimum absolute atomic E-state index is 0.0265. The summed E-state index contributed by atoms with van der Waals surface area (Å²) in [6.07, 6.45) is 0.497. The maximum Gasteiger partial charge on any atom is 0.246 e. The van der Waals surface area contributed by atoms with E-state index in [2.05, 4.69) is 23.5 Å². The number of rotatable bonds is 4. The zero-order valence-electron chi connectivity index (χ0n) is 14.4. The number of hydrogen-bond acceptors (Lipinski definition) is 2. The quantitative estimate of drug-likeness (QED) is 0.791. The van der Waals surface area contributed by atoms with Crippen molar-refractivity contribution in [3.63, 3.8) is 0 Å². The van der Waals surface area contributed by atoms with E-state index in [4.69, 9.17) is 0 Å². The maximum absolute atomic E-state index is 12.9. The number of amides is 2. The van der Waals surface area contributed by atoms with E-state index in [1.54, 1.807) is 4.90 Å². The fourth-order valence-electron chi connectivity index (χ4n) is 3.54. The van der Waals surface area contributed by atoms with Gasteiger partial charge in [0.2, 0.25) is 11.8 Å². The summed E-state index contributed by atoms with van der Waals surface area (Å²) < 4.78 is 0. The summed E-state index contributed by atoms with van der Waals surface area (Å²) in [6.45, 7) is 0.568. The number of piperazine rings is 1.